The predicted molar refractivity (Wildman–Crippen MR) is 72.7 cm³/mol. The Morgan fingerprint density at radius 2 is 2.29 bits per heavy atom. The van der Waals surface area contributed by atoms with E-state index in [1.807, 2.05) is 0 Å². The number of carbonyl (C=O) groups is 1. The lowest BCUT2D eigenvalue weighted by Crippen LogP contribution is -2.16. The molecule has 0 radical (unpaired) electrons. The van der Waals surface area contributed by atoms with Crippen molar-refractivity contribution in [3.63, 3.8) is 0 Å². The number of para-hydroxylation sites is 1. The highest BCUT2D eigenvalue weighted by atomic mass is 32.2. The quantitative estimate of drug-likeness (QED) is 0.629. The fraction of sp³-hybridized carbons (Fsp3) is 0.182. The molecule has 1 aromatic carbocycles. The molecule has 0 bridgehead atoms. The van der Waals surface area contributed by atoms with Gasteiger partial charge in [-0.25, -0.2) is 14.7 Å². The standard InChI is InChI=1S/C11H10N4O5S/c1-2-14-10(18)12-13-11(14)21-7-5-3-4-6(9(16)17)8(7)15(19)20/h3-5H,2H2,1H3,(H,12,18)(H,16,17). The Balaban J connectivity index is 2.54. The lowest BCUT2D eigenvalue weighted by atomic mass is 10.2. The first-order valence-electron chi connectivity index (χ1n) is 5.79. The van der Waals surface area contributed by atoms with Gasteiger partial charge in [0.15, 0.2) is 5.16 Å². The zero-order chi connectivity index (χ0) is 15.6. The normalized spacial score (nSPS) is 10.5. The molecule has 0 saturated heterocycles. The number of nitro groups is 1. The largest absolute Gasteiger partial charge is 0.477 e. The van der Waals surface area contributed by atoms with Crippen LogP contribution in [0.1, 0.15) is 17.3 Å². The molecule has 2 N–H and O–H groups in total. The summed E-state index contributed by atoms with van der Waals surface area (Å²) in [6.07, 6.45) is 0. The Morgan fingerprint density at radius 3 is 2.86 bits per heavy atom. The first-order chi connectivity index (χ1) is 9.95. The number of rotatable bonds is 5. The van der Waals surface area contributed by atoms with Crippen molar-refractivity contribution in [3.8, 4) is 0 Å². The van der Waals surface area contributed by atoms with Crippen molar-refractivity contribution in [3.05, 3.63) is 44.4 Å². The zero-order valence-corrected chi connectivity index (χ0v) is 11.6. The topological polar surface area (TPSA) is 131 Å². The van der Waals surface area contributed by atoms with E-state index in [4.69, 9.17) is 5.11 Å². The lowest BCUT2D eigenvalue weighted by molar-refractivity contribution is -0.388. The highest BCUT2D eigenvalue weighted by Crippen LogP contribution is 2.35. The number of H-pyrrole nitrogens is 1. The number of aromatic nitrogens is 3. The van der Waals surface area contributed by atoms with Crippen molar-refractivity contribution >= 4 is 23.4 Å². The second kappa shape index (κ2) is 5.79. The summed E-state index contributed by atoms with van der Waals surface area (Å²) in [4.78, 5) is 33.0. The maximum absolute atomic E-state index is 11.5. The van der Waals surface area contributed by atoms with E-state index in [0.29, 0.717) is 6.54 Å². The monoisotopic (exact) mass is 310 g/mol. The number of aromatic carboxylic acids is 1. The van der Waals surface area contributed by atoms with Gasteiger partial charge < -0.3 is 5.11 Å². The molecule has 2 aromatic rings. The fourth-order valence-corrected chi connectivity index (χ4v) is 2.76. The van der Waals surface area contributed by atoms with E-state index in [2.05, 4.69) is 10.2 Å². The smallest absolute Gasteiger partial charge is 0.343 e. The molecule has 110 valence electrons. The SMILES string of the molecule is CCn1c(Sc2cccc(C(=O)O)c2[N+](=O)[O-])n[nH]c1=O. The maximum atomic E-state index is 11.5. The summed E-state index contributed by atoms with van der Waals surface area (Å²) in [5.74, 6) is -1.39. The van der Waals surface area contributed by atoms with Crippen LogP contribution >= 0.6 is 11.8 Å². The van der Waals surface area contributed by atoms with E-state index in [9.17, 15) is 19.7 Å². The predicted octanol–water partition coefficient (Wildman–Crippen LogP) is 1.35. The number of carboxylic acids is 1. The Bertz CT molecular complexity index is 766. The van der Waals surface area contributed by atoms with Gasteiger partial charge in [0.25, 0.3) is 5.69 Å². The van der Waals surface area contributed by atoms with Gasteiger partial charge in [0.2, 0.25) is 0 Å². The molecular formula is C11H10N4O5S. The van der Waals surface area contributed by atoms with E-state index in [0.717, 1.165) is 17.8 Å². The molecule has 1 heterocycles. The second-order valence-electron chi connectivity index (χ2n) is 3.87. The van der Waals surface area contributed by atoms with Crippen molar-refractivity contribution < 1.29 is 14.8 Å². The van der Waals surface area contributed by atoms with Crippen molar-refractivity contribution in [2.75, 3.05) is 0 Å². The molecule has 0 unspecified atom stereocenters. The molecule has 0 fully saturated rings. The van der Waals surface area contributed by atoms with Crippen LogP contribution in [0.2, 0.25) is 0 Å². The summed E-state index contributed by atoms with van der Waals surface area (Å²) < 4.78 is 1.29. The number of aromatic amines is 1. The van der Waals surface area contributed by atoms with Gasteiger partial charge in [0.1, 0.15) is 5.56 Å². The minimum Gasteiger partial charge on any atom is -0.477 e. The van der Waals surface area contributed by atoms with Gasteiger partial charge >= 0.3 is 11.7 Å². The Kier molecular flexibility index (Phi) is 4.08. The van der Waals surface area contributed by atoms with Gasteiger partial charge in [-0.1, -0.05) is 6.07 Å². The minimum absolute atomic E-state index is 0.105. The minimum atomic E-state index is -1.39. The molecule has 0 aliphatic rings. The van der Waals surface area contributed by atoms with Gasteiger partial charge in [0, 0.05) is 6.54 Å². The summed E-state index contributed by atoms with van der Waals surface area (Å²) in [6, 6.07) is 3.97. The first-order valence-corrected chi connectivity index (χ1v) is 6.61. The highest BCUT2D eigenvalue weighted by Gasteiger charge is 2.25. The van der Waals surface area contributed by atoms with Crippen LogP contribution in [-0.2, 0) is 6.54 Å². The Morgan fingerprint density at radius 1 is 1.57 bits per heavy atom. The molecule has 0 saturated carbocycles. The third-order valence-electron chi connectivity index (χ3n) is 2.65. The van der Waals surface area contributed by atoms with Crippen LogP contribution < -0.4 is 5.69 Å². The molecule has 0 amide bonds. The molecule has 0 aliphatic carbocycles. The van der Waals surface area contributed by atoms with Gasteiger partial charge in [-0.3, -0.25) is 14.7 Å². The number of nitrogens with one attached hydrogen (secondary N) is 1. The van der Waals surface area contributed by atoms with Crippen LogP contribution in [0.4, 0.5) is 5.69 Å². The van der Waals surface area contributed by atoms with Crippen molar-refractivity contribution in [1.29, 1.82) is 0 Å². The van der Waals surface area contributed by atoms with Gasteiger partial charge in [-0.05, 0) is 30.8 Å². The molecule has 0 atom stereocenters. The Labute approximate surface area is 121 Å². The van der Waals surface area contributed by atoms with Crippen LogP contribution in [0.15, 0.2) is 33.0 Å². The molecule has 9 nitrogen and oxygen atoms in total. The number of nitrogens with zero attached hydrogens (tertiary/aromatic N) is 3. The van der Waals surface area contributed by atoms with Crippen LogP contribution in [0.3, 0.4) is 0 Å². The van der Waals surface area contributed by atoms with Crippen molar-refractivity contribution in [2.24, 2.45) is 0 Å². The van der Waals surface area contributed by atoms with Crippen LogP contribution in [0.25, 0.3) is 0 Å². The van der Waals surface area contributed by atoms with Gasteiger partial charge in [-0.15, -0.1) is 5.10 Å². The van der Waals surface area contributed by atoms with Crippen molar-refractivity contribution in [2.45, 2.75) is 23.5 Å². The third kappa shape index (κ3) is 2.79. The molecule has 10 heteroatoms. The third-order valence-corrected chi connectivity index (χ3v) is 3.70. The van der Waals surface area contributed by atoms with Gasteiger partial charge in [-0.2, -0.15) is 0 Å². The number of nitro benzene ring substituents is 1. The van der Waals surface area contributed by atoms with E-state index < -0.39 is 27.8 Å². The number of hydrogen-bond acceptors (Lipinski definition) is 6. The van der Waals surface area contributed by atoms with E-state index >= 15 is 0 Å². The number of carboxylic acid groups (broad SMARTS) is 1. The zero-order valence-electron chi connectivity index (χ0n) is 10.8. The summed E-state index contributed by atoms with van der Waals surface area (Å²) >= 11 is 0.862. The molecular weight excluding hydrogens is 300 g/mol. The summed E-state index contributed by atoms with van der Waals surface area (Å²) in [5, 5.41) is 26.4. The average Bonchev–Trinajstić information content (AvgIpc) is 2.78. The van der Waals surface area contributed by atoms with E-state index in [-0.39, 0.29) is 10.1 Å². The van der Waals surface area contributed by atoms with E-state index in [1.54, 1.807) is 6.92 Å². The Hall–Kier alpha value is -2.62. The summed E-state index contributed by atoms with van der Waals surface area (Å²) in [6.45, 7) is 2.06. The number of benzene rings is 1. The molecule has 0 spiro atoms. The van der Waals surface area contributed by atoms with Crippen LogP contribution in [-0.4, -0.2) is 30.8 Å². The fourth-order valence-electron chi connectivity index (χ4n) is 1.72. The molecule has 21 heavy (non-hydrogen) atoms. The maximum Gasteiger partial charge on any atom is 0.343 e. The van der Waals surface area contributed by atoms with Crippen molar-refractivity contribution in [1.82, 2.24) is 14.8 Å². The van der Waals surface area contributed by atoms with E-state index in [1.165, 1.54) is 16.7 Å². The number of hydrogen-bond donors (Lipinski definition) is 2. The molecule has 1 aromatic heterocycles. The van der Waals surface area contributed by atoms with Crippen LogP contribution in [0.5, 0.6) is 0 Å². The first kappa shape index (κ1) is 14.8. The van der Waals surface area contributed by atoms with Crippen LogP contribution in [0, 0.1) is 10.1 Å². The summed E-state index contributed by atoms with van der Waals surface area (Å²) in [7, 11) is 0. The second-order valence-corrected chi connectivity index (χ2v) is 4.88. The van der Waals surface area contributed by atoms with Gasteiger partial charge in [0.05, 0.1) is 9.82 Å². The molecule has 0 aliphatic heterocycles. The molecule has 2 rings (SSSR count). The highest BCUT2D eigenvalue weighted by molar-refractivity contribution is 7.99. The average molecular weight is 310 g/mol. The lowest BCUT2D eigenvalue weighted by Gasteiger charge is -2.05. The summed E-state index contributed by atoms with van der Waals surface area (Å²) in [5.41, 5.74) is -1.36.